The molecule has 2 aromatic rings. The number of sulfonamides is 1. The predicted molar refractivity (Wildman–Crippen MR) is 97.8 cm³/mol. The molecule has 0 spiro atoms. The normalized spacial score (nSPS) is 18.2. The Morgan fingerprint density at radius 2 is 1.88 bits per heavy atom. The second kappa shape index (κ2) is 6.98. The zero-order valence-electron chi connectivity index (χ0n) is 14.4. The zero-order valence-corrected chi connectivity index (χ0v) is 15.2. The van der Waals surface area contributed by atoms with Gasteiger partial charge in [0.15, 0.2) is 0 Å². The van der Waals surface area contributed by atoms with Gasteiger partial charge in [-0.05, 0) is 49.6 Å². The van der Waals surface area contributed by atoms with Crippen LogP contribution in [-0.4, -0.2) is 25.2 Å². The lowest BCUT2D eigenvalue weighted by Gasteiger charge is -2.25. The first-order valence-corrected chi connectivity index (χ1v) is 9.78. The maximum atomic E-state index is 13.1. The number of benzene rings is 2. The third-order valence-corrected chi connectivity index (χ3v) is 6.33. The van der Waals surface area contributed by atoms with Crippen molar-refractivity contribution >= 4 is 21.6 Å². The number of aryl methyl sites for hydroxylation is 1. The van der Waals surface area contributed by atoms with Crippen LogP contribution >= 0.6 is 0 Å². The number of anilines is 1. The Morgan fingerprint density at radius 3 is 2.52 bits per heavy atom. The van der Waals surface area contributed by atoms with Gasteiger partial charge in [0, 0.05) is 19.2 Å². The number of nitrogens with zero attached hydrogens (tertiary/aromatic N) is 1. The number of amides is 1. The van der Waals surface area contributed by atoms with E-state index < -0.39 is 10.0 Å². The third-order valence-electron chi connectivity index (χ3n) is 4.41. The molecule has 1 fully saturated rings. The highest BCUT2D eigenvalue weighted by Gasteiger charge is 2.36. The molecule has 5 nitrogen and oxygen atoms in total. The highest BCUT2D eigenvalue weighted by atomic mass is 32.2. The fourth-order valence-corrected chi connectivity index (χ4v) is 4.97. The van der Waals surface area contributed by atoms with Gasteiger partial charge in [-0.2, -0.15) is 4.31 Å². The SMILES string of the molecule is CC(=O)Nc1ccc(S(=O)(=O)N2CCCC2c2cccc(C)c2)cc1. The van der Waals surface area contributed by atoms with Crippen LogP contribution in [0.25, 0.3) is 0 Å². The molecular weight excluding hydrogens is 336 g/mol. The number of hydrogen-bond donors (Lipinski definition) is 1. The van der Waals surface area contributed by atoms with Gasteiger partial charge in [-0.15, -0.1) is 0 Å². The number of rotatable bonds is 4. The summed E-state index contributed by atoms with van der Waals surface area (Å²) in [5.41, 5.74) is 2.75. The van der Waals surface area contributed by atoms with Crippen LogP contribution < -0.4 is 5.32 Å². The average Bonchev–Trinajstić information content (AvgIpc) is 3.05. The molecule has 0 saturated carbocycles. The van der Waals surface area contributed by atoms with Gasteiger partial charge in [0.25, 0.3) is 0 Å². The second-order valence-corrected chi connectivity index (χ2v) is 8.28. The summed E-state index contributed by atoms with van der Waals surface area (Å²) >= 11 is 0. The zero-order chi connectivity index (χ0) is 18.0. The number of nitrogens with one attached hydrogen (secondary N) is 1. The second-order valence-electron chi connectivity index (χ2n) is 6.39. The topological polar surface area (TPSA) is 66.5 Å². The fraction of sp³-hybridized carbons (Fsp3) is 0.316. The molecule has 0 radical (unpaired) electrons. The summed E-state index contributed by atoms with van der Waals surface area (Å²) in [5.74, 6) is -0.185. The summed E-state index contributed by atoms with van der Waals surface area (Å²) in [6.45, 7) is 3.95. The van der Waals surface area contributed by atoms with Crippen LogP contribution in [0, 0.1) is 6.92 Å². The summed E-state index contributed by atoms with van der Waals surface area (Å²) in [5, 5.41) is 2.65. The Morgan fingerprint density at radius 1 is 1.16 bits per heavy atom. The Labute approximate surface area is 148 Å². The minimum Gasteiger partial charge on any atom is -0.326 e. The molecule has 1 aliphatic rings. The predicted octanol–water partition coefficient (Wildman–Crippen LogP) is 3.48. The molecule has 1 N–H and O–H groups in total. The van der Waals surface area contributed by atoms with E-state index >= 15 is 0 Å². The molecule has 1 amide bonds. The highest BCUT2D eigenvalue weighted by Crippen LogP contribution is 2.36. The van der Waals surface area contributed by atoms with Crippen LogP contribution in [0.15, 0.2) is 53.4 Å². The standard InChI is InChI=1S/C19H22N2O3S/c1-14-5-3-6-16(13-14)19-7-4-12-21(19)25(23,24)18-10-8-17(9-11-18)20-15(2)22/h3,5-6,8-11,13,19H,4,7,12H2,1-2H3,(H,20,22). The quantitative estimate of drug-likeness (QED) is 0.910. The Bertz CT molecular complexity index is 876. The van der Waals surface area contributed by atoms with E-state index in [0.717, 1.165) is 24.0 Å². The van der Waals surface area contributed by atoms with Crippen molar-refractivity contribution in [3.63, 3.8) is 0 Å². The molecule has 6 heteroatoms. The molecule has 132 valence electrons. The first-order chi connectivity index (χ1) is 11.9. The molecule has 3 rings (SSSR count). The Balaban J connectivity index is 1.89. The van der Waals surface area contributed by atoms with Gasteiger partial charge in [0.1, 0.15) is 0 Å². The summed E-state index contributed by atoms with van der Waals surface area (Å²) in [6.07, 6.45) is 1.68. The molecule has 0 bridgehead atoms. The van der Waals surface area contributed by atoms with Crippen LogP contribution in [-0.2, 0) is 14.8 Å². The van der Waals surface area contributed by atoms with Gasteiger partial charge in [0.05, 0.1) is 10.9 Å². The van der Waals surface area contributed by atoms with Crippen molar-refractivity contribution in [2.75, 3.05) is 11.9 Å². The molecule has 1 aliphatic heterocycles. The van der Waals surface area contributed by atoms with E-state index in [-0.39, 0.29) is 16.8 Å². The Kier molecular flexibility index (Phi) is 4.92. The first kappa shape index (κ1) is 17.6. The van der Waals surface area contributed by atoms with Gasteiger partial charge < -0.3 is 5.32 Å². The van der Waals surface area contributed by atoms with E-state index in [9.17, 15) is 13.2 Å². The average molecular weight is 358 g/mol. The summed E-state index contributed by atoms with van der Waals surface area (Å²) in [7, 11) is -3.57. The van der Waals surface area contributed by atoms with E-state index in [1.165, 1.54) is 6.92 Å². The van der Waals surface area contributed by atoms with Crippen molar-refractivity contribution in [2.45, 2.75) is 37.6 Å². The molecule has 1 atom stereocenters. The van der Waals surface area contributed by atoms with E-state index in [2.05, 4.69) is 11.4 Å². The lowest BCUT2D eigenvalue weighted by molar-refractivity contribution is -0.114. The first-order valence-electron chi connectivity index (χ1n) is 8.34. The lowest BCUT2D eigenvalue weighted by atomic mass is 10.0. The van der Waals surface area contributed by atoms with E-state index in [4.69, 9.17) is 0 Å². The lowest BCUT2D eigenvalue weighted by Crippen LogP contribution is -2.30. The Hall–Kier alpha value is -2.18. The van der Waals surface area contributed by atoms with Gasteiger partial charge in [-0.1, -0.05) is 29.8 Å². The van der Waals surface area contributed by atoms with Gasteiger partial charge in [-0.3, -0.25) is 4.79 Å². The van der Waals surface area contributed by atoms with Crippen LogP contribution in [0.4, 0.5) is 5.69 Å². The van der Waals surface area contributed by atoms with Crippen molar-refractivity contribution in [2.24, 2.45) is 0 Å². The summed E-state index contributed by atoms with van der Waals surface area (Å²) < 4.78 is 27.7. The van der Waals surface area contributed by atoms with Crippen LogP contribution in [0.2, 0.25) is 0 Å². The van der Waals surface area contributed by atoms with Gasteiger partial charge in [0.2, 0.25) is 15.9 Å². The molecular formula is C19H22N2O3S. The number of carbonyl (C=O) groups excluding carboxylic acids is 1. The highest BCUT2D eigenvalue weighted by molar-refractivity contribution is 7.89. The maximum Gasteiger partial charge on any atom is 0.243 e. The van der Waals surface area contributed by atoms with Crippen molar-refractivity contribution in [3.8, 4) is 0 Å². The van der Waals surface area contributed by atoms with E-state index in [0.29, 0.717) is 12.2 Å². The van der Waals surface area contributed by atoms with Gasteiger partial charge >= 0.3 is 0 Å². The number of hydrogen-bond acceptors (Lipinski definition) is 3. The molecule has 0 aromatic heterocycles. The fourth-order valence-electron chi connectivity index (χ4n) is 3.29. The minimum atomic E-state index is -3.57. The van der Waals surface area contributed by atoms with Crippen molar-refractivity contribution in [3.05, 3.63) is 59.7 Å². The molecule has 0 aliphatic carbocycles. The molecule has 25 heavy (non-hydrogen) atoms. The van der Waals surface area contributed by atoms with E-state index in [1.54, 1.807) is 28.6 Å². The van der Waals surface area contributed by atoms with E-state index in [1.807, 2.05) is 25.1 Å². The van der Waals surface area contributed by atoms with Crippen LogP contribution in [0.5, 0.6) is 0 Å². The smallest absolute Gasteiger partial charge is 0.243 e. The molecule has 2 aromatic carbocycles. The van der Waals surface area contributed by atoms with Crippen molar-refractivity contribution in [1.29, 1.82) is 0 Å². The van der Waals surface area contributed by atoms with Gasteiger partial charge in [-0.25, -0.2) is 8.42 Å². The van der Waals surface area contributed by atoms with Crippen LogP contribution in [0.1, 0.15) is 36.9 Å². The largest absolute Gasteiger partial charge is 0.326 e. The third kappa shape index (κ3) is 3.75. The van der Waals surface area contributed by atoms with Crippen molar-refractivity contribution < 1.29 is 13.2 Å². The monoisotopic (exact) mass is 358 g/mol. The summed E-state index contributed by atoms with van der Waals surface area (Å²) in [6, 6.07) is 14.2. The molecule has 1 saturated heterocycles. The molecule has 1 unspecified atom stereocenters. The minimum absolute atomic E-state index is 0.125. The number of carbonyl (C=O) groups is 1. The molecule has 1 heterocycles. The van der Waals surface area contributed by atoms with Crippen LogP contribution in [0.3, 0.4) is 0 Å². The summed E-state index contributed by atoms with van der Waals surface area (Å²) in [4.78, 5) is 11.3. The maximum absolute atomic E-state index is 13.1. The van der Waals surface area contributed by atoms with Crippen molar-refractivity contribution in [1.82, 2.24) is 4.31 Å².